The molecule has 5 nitrogen and oxygen atoms in total. The number of hydrogen-bond acceptors (Lipinski definition) is 5. The third-order valence-electron chi connectivity index (χ3n) is 2.60. The molecule has 1 heterocycles. The van der Waals surface area contributed by atoms with Crippen LogP contribution < -0.4 is 10.6 Å². The maximum atomic E-state index is 4.41. The minimum atomic E-state index is 0.399. The zero-order chi connectivity index (χ0) is 13.5. The molecule has 1 rings (SSSR count). The minimum Gasteiger partial charge on any atom is -0.370 e. The van der Waals surface area contributed by atoms with Crippen molar-refractivity contribution in [3.8, 4) is 0 Å². The quantitative estimate of drug-likeness (QED) is 0.776. The third kappa shape index (κ3) is 5.31. The van der Waals surface area contributed by atoms with Gasteiger partial charge in [0, 0.05) is 18.7 Å². The molecule has 1 aromatic heterocycles. The van der Waals surface area contributed by atoms with Gasteiger partial charge in [-0.2, -0.15) is 0 Å². The molecule has 1 unspecified atom stereocenters. The van der Waals surface area contributed by atoms with Crippen molar-refractivity contribution in [2.24, 2.45) is 0 Å². The molecule has 0 bridgehead atoms. The molecule has 0 saturated carbocycles. The first kappa shape index (κ1) is 14.7. The third-order valence-corrected chi connectivity index (χ3v) is 2.60. The van der Waals surface area contributed by atoms with E-state index in [1.807, 2.05) is 13.0 Å². The summed E-state index contributed by atoms with van der Waals surface area (Å²) >= 11 is 0. The molecule has 0 aliphatic heterocycles. The Morgan fingerprint density at radius 3 is 2.56 bits per heavy atom. The monoisotopic (exact) mass is 251 g/mol. The fraction of sp³-hybridized carbons (Fsp3) is 0.692. The number of anilines is 2. The van der Waals surface area contributed by atoms with Gasteiger partial charge in [-0.05, 0) is 47.8 Å². The van der Waals surface area contributed by atoms with E-state index in [0.717, 1.165) is 37.0 Å². The van der Waals surface area contributed by atoms with Gasteiger partial charge >= 0.3 is 0 Å². The van der Waals surface area contributed by atoms with Crippen molar-refractivity contribution in [1.82, 2.24) is 14.9 Å². The molecule has 1 aromatic rings. The van der Waals surface area contributed by atoms with Crippen LogP contribution in [0.4, 0.5) is 11.6 Å². The van der Waals surface area contributed by atoms with Crippen molar-refractivity contribution < 1.29 is 0 Å². The highest BCUT2D eigenvalue weighted by atomic mass is 15.1. The smallest absolute Gasteiger partial charge is 0.132 e. The van der Waals surface area contributed by atoms with Crippen LogP contribution in [0.1, 0.15) is 26.1 Å². The van der Waals surface area contributed by atoms with Crippen LogP contribution in [0, 0.1) is 6.92 Å². The Morgan fingerprint density at radius 1 is 1.28 bits per heavy atom. The lowest BCUT2D eigenvalue weighted by Crippen LogP contribution is -2.23. The average molecular weight is 251 g/mol. The Balaban J connectivity index is 2.60. The van der Waals surface area contributed by atoms with Gasteiger partial charge < -0.3 is 15.5 Å². The van der Waals surface area contributed by atoms with Crippen molar-refractivity contribution in [3.63, 3.8) is 0 Å². The highest BCUT2D eigenvalue weighted by Crippen LogP contribution is 2.12. The molecule has 0 aromatic carbocycles. The van der Waals surface area contributed by atoms with E-state index in [4.69, 9.17) is 0 Å². The summed E-state index contributed by atoms with van der Waals surface area (Å²) in [6.45, 7) is 8.08. The molecule has 0 spiro atoms. The summed E-state index contributed by atoms with van der Waals surface area (Å²) in [5.41, 5.74) is 0. The first-order valence-corrected chi connectivity index (χ1v) is 6.52. The van der Waals surface area contributed by atoms with Crippen molar-refractivity contribution in [2.75, 3.05) is 37.8 Å². The lowest BCUT2D eigenvalue weighted by Gasteiger charge is -2.17. The van der Waals surface area contributed by atoms with E-state index in [1.54, 1.807) is 0 Å². The van der Waals surface area contributed by atoms with Crippen molar-refractivity contribution >= 4 is 11.6 Å². The number of hydrogen-bond donors (Lipinski definition) is 2. The predicted molar refractivity (Wildman–Crippen MR) is 77.2 cm³/mol. The van der Waals surface area contributed by atoms with Crippen LogP contribution in [-0.2, 0) is 0 Å². The zero-order valence-electron chi connectivity index (χ0n) is 12.1. The summed E-state index contributed by atoms with van der Waals surface area (Å²) < 4.78 is 0. The molecule has 0 radical (unpaired) electrons. The molecule has 1 atom stereocenters. The Kier molecular flexibility index (Phi) is 5.85. The van der Waals surface area contributed by atoms with Crippen LogP contribution in [0.2, 0.25) is 0 Å². The molecule has 102 valence electrons. The Labute approximate surface area is 110 Å². The van der Waals surface area contributed by atoms with Gasteiger partial charge in [0.05, 0.1) is 0 Å². The average Bonchev–Trinajstić information content (AvgIpc) is 2.26. The van der Waals surface area contributed by atoms with Crippen LogP contribution in [0.25, 0.3) is 0 Å². The molecule has 0 saturated heterocycles. The van der Waals surface area contributed by atoms with E-state index in [1.165, 1.54) is 0 Å². The number of rotatable bonds is 7. The molecule has 18 heavy (non-hydrogen) atoms. The number of nitrogens with one attached hydrogen (secondary N) is 2. The maximum Gasteiger partial charge on any atom is 0.132 e. The second-order valence-electron chi connectivity index (χ2n) is 4.85. The Bertz CT molecular complexity index is 364. The minimum absolute atomic E-state index is 0.399. The normalized spacial score (nSPS) is 12.6. The predicted octanol–water partition coefficient (Wildman–Crippen LogP) is 1.97. The lowest BCUT2D eigenvalue weighted by atomic mass is 10.2. The summed E-state index contributed by atoms with van der Waals surface area (Å²) in [6.07, 6.45) is 1.09. The SMILES string of the molecule is CCNc1cc(NC(C)CCN(C)C)nc(C)n1. The largest absolute Gasteiger partial charge is 0.370 e. The van der Waals surface area contributed by atoms with E-state index in [9.17, 15) is 0 Å². The van der Waals surface area contributed by atoms with Gasteiger partial charge in [0.15, 0.2) is 0 Å². The fourth-order valence-corrected chi connectivity index (χ4v) is 1.69. The number of aromatic nitrogens is 2. The first-order chi connectivity index (χ1) is 8.51. The Morgan fingerprint density at radius 2 is 1.94 bits per heavy atom. The highest BCUT2D eigenvalue weighted by molar-refractivity contribution is 5.47. The van der Waals surface area contributed by atoms with Crippen LogP contribution in [0.15, 0.2) is 6.07 Å². The summed E-state index contributed by atoms with van der Waals surface area (Å²) in [5.74, 6) is 2.56. The van der Waals surface area contributed by atoms with Crippen LogP contribution >= 0.6 is 0 Å². The van der Waals surface area contributed by atoms with E-state index < -0.39 is 0 Å². The van der Waals surface area contributed by atoms with Gasteiger partial charge in [0.1, 0.15) is 17.5 Å². The van der Waals surface area contributed by atoms with E-state index >= 15 is 0 Å². The second-order valence-corrected chi connectivity index (χ2v) is 4.85. The molecule has 0 aliphatic carbocycles. The number of aryl methyl sites for hydroxylation is 1. The van der Waals surface area contributed by atoms with Gasteiger partial charge in [0.25, 0.3) is 0 Å². The zero-order valence-corrected chi connectivity index (χ0v) is 12.1. The van der Waals surface area contributed by atoms with E-state index in [0.29, 0.717) is 6.04 Å². The van der Waals surface area contributed by atoms with Gasteiger partial charge in [0.2, 0.25) is 0 Å². The van der Waals surface area contributed by atoms with Crippen LogP contribution in [0.3, 0.4) is 0 Å². The lowest BCUT2D eigenvalue weighted by molar-refractivity contribution is 0.390. The summed E-state index contributed by atoms with van der Waals surface area (Å²) in [5, 5.41) is 6.63. The Hall–Kier alpha value is -1.36. The van der Waals surface area contributed by atoms with Gasteiger partial charge in [-0.25, -0.2) is 9.97 Å². The molecule has 0 amide bonds. The molecule has 0 aliphatic rings. The van der Waals surface area contributed by atoms with Gasteiger partial charge in [-0.1, -0.05) is 0 Å². The van der Waals surface area contributed by atoms with Gasteiger partial charge in [-0.3, -0.25) is 0 Å². The van der Waals surface area contributed by atoms with E-state index in [2.05, 4.69) is 53.4 Å². The molecular formula is C13H25N5. The highest BCUT2D eigenvalue weighted by Gasteiger charge is 2.06. The second kappa shape index (κ2) is 7.16. The topological polar surface area (TPSA) is 53.1 Å². The van der Waals surface area contributed by atoms with Crippen molar-refractivity contribution in [2.45, 2.75) is 33.2 Å². The fourth-order valence-electron chi connectivity index (χ4n) is 1.69. The molecular weight excluding hydrogens is 226 g/mol. The molecule has 0 fully saturated rings. The van der Waals surface area contributed by atoms with Crippen LogP contribution in [0.5, 0.6) is 0 Å². The van der Waals surface area contributed by atoms with Crippen molar-refractivity contribution in [1.29, 1.82) is 0 Å². The standard InChI is InChI=1S/C13H25N5/c1-6-14-12-9-13(17-11(3)16-12)15-10(2)7-8-18(4)5/h9-10H,6-8H2,1-5H3,(H2,14,15,16,17). The molecule has 5 heteroatoms. The first-order valence-electron chi connectivity index (χ1n) is 6.52. The summed E-state index contributed by atoms with van der Waals surface area (Å²) in [4.78, 5) is 10.9. The summed E-state index contributed by atoms with van der Waals surface area (Å²) in [7, 11) is 4.18. The van der Waals surface area contributed by atoms with Crippen molar-refractivity contribution in [3.05, 3.63) is 11.9 Å². The van der Waals surface area contributed by atoms with Gasteiger partial charge in [-0.15, -0.1) is 0 Å². The molecule has 2 N–H and O–H groups in total. The van der Waals surface area contributed by atoms with E-state index in [-0.39, 0.29) is 0 Å². The number of nitrogens with zero attached hydrogens (tertiary/aromatic N) is 3. The maximum absolute atomic E-state index is 4.41. The summed E-state index contributed by atoms with van der Waals surface area (Å²) in [6, 6.07) is 2.36. The van der Waals surface area contributed by atoms with Crippen LogP contribution in [-0.4, -0.2) is 48.1 Å².